The molecule has 1 aliphatic carbocycles. The zero-order chi connectivity index (χ0) is 15.3. The van der Waals surface area contributed by atoms with E-state index in [0.29, 0.717) is 12.2 Å². The minimum atomic E-state index is -0.650. The van der Waals surface area contributed by atoms with Gasteiger partial charge in [-0.3, -0.25) is 4.79 Å². The summed E-state index contributed by atoms with van der Waals surface area (Å²) in [7, 11) is 3.59. The monoisotopic (exact) mass is 291 g/mol. The first-order valence-electron chi connectivity index (χ1n) is 7.40. The van der Waals surface area contributed by atoms with Gasteiger partial charge in [-0.25, -0.2) is 0 Å². The van der Waals surface area contributed by atoms with Crippen molar-refractivity contribution in [2.75, 3.05) is 14.2 Å². The lowest BCUT2D eigenvalue weighted by molar-refractivity contribution is 0.0740. The number of likely N-dealkylation sites (N-methyl/N-ethyl adjacent to an activating group) is 1. The van der Waals surface area contributed by atoms with E-state index in [0.717, 1.165) is 22.3 Å². The molecule has 2 aromatic carbocycles. The average Bonchev–Trinajstić information content (AvgIpc) is 2.86. The number of nitrogens with zero attached hydrogens (tertiary/aromatic N) is 1. The molecule has 0 N–H and O–H groups in total. The van der Waals surface area contributed by atoms with Crippen LogP contribution >= 0.6 is 0 Å². The van der Waals surface area contributed by atoms with Gasteiger partial charge in [0.15, 0.2) is 5.78 Å². The summed E-state index contributed by atoms with van der Waals surface area (Å²) in [4.78, 5) is 15.4. The maximum atomic E-state index is 13.4. The second kappa shape index (κ2) is 4.47. The largest absolute Gasteiger partial charge is 0.496 e. The lowest BCUT2D eigenvalue weighted by Gasteiger charge is -2.40. The van der Waals surface area contributed by atoms with Crippen molar-refractivity contribution in [3.8, 4) is 5.75 Å². The van der Waals surface area contributed by atoms with Gasteiger partial charge in [-0.05, 0) is 28.8 Å². The Hall–Kier alpha value is -2.55. The molecular formula is C19H17NO2. The number of methoxy groups -OCH3 is 1. The van der Waals surface area contributed by atoms with Crippen LogP contribution in [-0.2, 0) is 12.0 Å². The van der Waals surface area contributed by atoms with Crippen LogP contribution < -0.4 is 4.74 Å². The maximum absolute atomic E-state index is 13.4. The molecule has 110 valence electrons. The number of hydrogen-bond donors (Lipinski definition) is 0. The predicted molar refractivity (Wildman–Crippen MR) is 85.9 cm³/mol. The van der Waals surface area contributed by atoms with Gasteiger partial charge < -0.3 is 9.64 Å². The number of carbonyl (C=O) groups excluding carboxylic acids is 1. The highest BCUT2D eigenvalue weighted by molar-refractivity contribution is 6.11. The molecule has 22 heavy (non-hydrogen) atoms. The molecule has 4 rings (SSSR count). The van der Waals surface area contributed by atoms with Gasteiger partial charge in [0.1, 0.15) is 11.3 Å². The highest BCUT2D eigenvalue weighted by Gasteiger charge is 2.52. The first kappa shape index (κ1) is 13.1. The fraction of sp³-hybridized carbons (Fsp3) is 0.211. The minimum absolute atomic E-state index is 0.124. The van der Waals surface area contributed by atoms with Crippen molar-refractivity contribution < 1.29 is 9.53 Å². The molecule has 0 radical (unpaired) electrons. The fourth-order valence-corrected chi connectivity index (χ4v) is 3.75. The van der Waals surface area contributed by atoms with E-state index in [1.165, 1.54) is 0 Å². The number of carbonyl (C=O) groups is 1. The summed E-state index contributed by atoms with van der Waals surface area (Å²) < 4.78 is 5.43. The van der Waals surface area contributed by atoms with E-state index in [1.54, 1.807) is 7.11 Å². The molecule has 1 unspecified atom stereocenters. The Kier molecular flexibility index (Phi) is 2.67. The Balaban J connectivity index is 1.98. The van der Waals surface area contributed by atoms with Gasteiger partial charge in [0, 0.05) is 19.7 Å². The highest BCUT2D eigenvalue weighted by atomic mass is 16.5. The third-order valence-corrected chi connectivity index (χ3v) is 4.87. The van der Waals surface area contributed by atoms with Gasteiger partial charge in [0.25, 0.3) is 0 Å². The van der Waals surface area contributed by atoms with Crippen molar-refractivity contribution in [3.63, 3.8) is 0 Å². The molecule has 1 spiro atoms. The number of ether oxygens (including phenoxy) is 1. The van der Waals surface area contributed by atoms with Crippen LogP contribution in [-0.4, -0.2) is 24.8 Å². The Morgan fingerprint density at radius 1 is 1.14 bits per heavy atom. The molecule has 3 heteroatoms. The second-order valence-electron chi connectivity index (χ2n) is 5.87. The molecule has 0 amide bonds. The van der Waals surface area contributed by atoms with Crippen molar-refractivity contribution >= 4 is 11.9 Å². The molecule has 2 aromatic rings. The fourth-order valence-electron chi connectivity index (χ4n) is 3.75. The topological polar surface area (TPSA) is 29.5 Å². The van der Waals surface area contributed by atoms with Crippen LogP contribution in [0.2, 0.25) is 0 Å². The molecule has 0 saturated heterocycles. The number of Topliss-reactive ketones (excluding diaryl/α,β-unsaturated/α-hetero) is 1. The minimum Gasteiger partial charge on any atom is -0.496 e. The first-order chi connectivity index (χ1) is 10.7. The normalized spacial score (nSPS) is 21.9. The Morgan fingerprint density at radius 2 is 1.95 bits per heavy atom. The van der Waals surface area contributed by atoms with Crippen molar-refractivity contribution in [1.82, 2.24) is 4.90 Å². The molecule has 0 aromatic heterocycles. The molecule has 2 aliphatic rings. The van der Waals surface area contributed by atoms with Gasteiger partial charge in [0.2, 0.25) is 0 Å². The molecule has 0 bridgehead atoms. The van der Waals surface area contributed by atoms with E-state index < -0.39 is 5.54 Å². The molecule has 1 heterocycles. The van der Waals surface area contributed by atoms with Crippen molar-refractivity contribution in [2.45, 2.75) is 12.0 Å². The zero-order valence-electron chi connectivity index (χ0n) is 12.7. The summed E-state index contributed by atoms with van der Waals surface area (Å²) in [6, 6.07) is 14.0. The van der Waals surface area contributed by atoms with E-state index in [2.05, 4.69) is 18.2 Å². The smallest absolute Gasteiger partial charge is 0.197 e. The van der Waals surface area contributed by atoms with E-state index in [4.69, 9.17) is 4.74 Å². The standard InChI is InChI=1S/C19H17NO2/c1-20-11-10-13-6-3-4-8-15(13)19(20)12-14-7-5-9-16(22-2)17(14)18(19)21/h3-11H,12H2,1-2H3. The summed E-state index contributed by atoms with van der Waals surface area (Å²) in [6.45, 7) is 0. The van der Waals surface area contributed by atoms with Crippen LogP contribution in [0.15, 0.2) is 48.7 Å². The molecule has 1 aliphatic heterocycles. The number of ketones is 1. The quantitative estimate of drug-likeness (QED) is 0.808. The summed E-state index contributed by atoms with van der Waals surface area (Å²) in [6.07, 6.45) is 4.74. The predicted octanol–water partition coefficient (Wildman–Crippen LogP) is 3.25. The van der Waals surface area contributed by atoms with Crippen LogP contribution in [0.4, 0.5) is 0 Å². The van der Waals surface area contributed by atoms with Gasteiger partial charge in [0.05, 0.1) is 12.7 Å². The average molecular weight is 291 g/mol. The van der Waals surface area contributed by atoms with Gasteiger partial charge in [-0.1, -0.05) is 36.4 Å². The lowest BCUT2D eigenvalue weighted by atomic mass is 9.80. The zero-order valence-corrected chi connectivity index (χ0v) is 12.7. The number of benzene rings is 2. The number of fused-ring (bicyclic) bond motifs is 3. The molecular weight excluding hydrogens is 274 g/mol. The van der Waals surface area contributed by atoms with Crippen molar-refractivity contribution in [2.24, 2.45) is 0 Å². The van der Waals surface area contributed by atoms with Crippen LogP contribution in [0.1, 0.15) is 27.0 Å². The van der Waals surface area contributed by atoms with E-state index >= 15 is 0 Å². The van der Waals surface area contributed by atoms with Crippen LogP contribution in [0.3, 0.4) is 0 Å². The van der Waals surface area contributed by atoms with Crippen LogP contribution in [0, 0.1) is 0 Å². The molecule has 0 fully saturated rings. The summed E-state index contributed by atoms with van der Waals surface area (Å²) in [5.41, 5.74) is 3.31. The van der Waals surface area contributed by atoms with Gasteiger partial charge in [-0.15, -0.1) is 0 Å². The van der Waals surface area contributed by atoms with Gasteiger partial charge >= 0.3 is 0 Å². The van der Waals surface area contributed by atoms with Crippen molar-refractivity contribution in [1.29, 1.82) is 0 Å². The number of hydrogen-bond acceptors (Lipinski definition) is 3. The maximum Gasteiger partial charge on any atom is 0.197 e. The second-order valence-corrected chi connectivity index (χ2v) is 5.87. The van der Waals surface area contributed by atoms with E-state index in [9.17, 15) is 4.79 Å². The van der Waals surface area contributed by atoms with E-state index in [-0.39, 0.29) is 5.78 Å². The number of rotatable bonds is 1. The summed E-state index contributed by atoms with van der Waals surface area (Å²) in [5.74, 6) is 0.791. The SMILES string of the molecule is COc1cccc2c1C(=O)C1(C2)c2ccccc2C=CN1C. The lowest BCUT2D eigenvalue weighted by Crippen LogP contribution is -2.48. The molecule has 1 atom stereocenters. The molecule has 0 saturated carbocycles. The third kappa shape index (κ3) is 1.48. The third-order valence-electron chi connectivity index (χ3n) is 4.87. The van der Waals surface area contributed by atoms with Crippen molar-refractivity contribution in [3.05, 3.63) is 70.9 Å². The van der Waals surface area contributed by atoms with Gasteiger partial charge in [-0.2, -0.15) is 0 Å². The summed E-state index contributed by atoms with van der Waals surface area (Å²) in [5, 5.41) is 0. The Bertz CT molecular complexity index is 809. The van der Waals surface area contributed by atoms with E-state index in [1.807, 2.05) is 48.5 Å². The van der Waals surface area contributed by atoms with Crippen LogP contribution in [0.5, 0.6) is 5.75 Å². The Morgan fingerprint density at radius 3 is 2.77 bits per heavy atom. The first-order valence-corrected chi connectivity index (χ1v) is 7.40. The highest BCUT2D eigenvalue weighted by Crippen LogP contribution is 2.47. The molecule has 3 nitrogen and oxygen atoms in total. The van der Waals surface area contributed by atoms with Crippen LogP contribution in [0.25, 0.3) is 6.08 Å². The summed E-state index contributed by atoms with van der Waals surface area (Å²) >= 11 is 0. The Labute approximate surface area is 129 Å².